The highest BCUT2D eigenvalue weighted by Gasteiger charge is 2.32. The van der Waals surface area contributed by atoms with E-state index in [1.54, 1.807) is 0 Å². The monoisotopic (exact) mass is 250 g/mol. The molecule has 98 valence electrons. The van der Waals surface area contributed by atoms with Gasteiger partial charge < -0.3 is 20.4 Å². The van der Waals surface area contributed by atoms with Crippen molar-refractivity contribution in [2.24, 2.45) is 0 Å². The highest BCUT2D eigenvalue weighted by atomic mass is 16.4. The van der Waals surface area contributed by atoms with Crippen molar-refractivity contribution in [3.8, 4) is 0 Å². The number of hydrogen-bond acceptors (Lipinski definition) is 3. The third-order valence-electron chi connectivity index (χ3n) is 3.49. The average molecular weight is 250 g/mol. The molecule has 2 aliphatic heterocycles. The van der Waals surface area contributed by atoms with Crippen LogP contribution in [0.4, 0.5) is 4.79 Å². The largest absolute Gasteiger partial charge is 0.465 e. The van der Waals surface area contributed by atoms with E-state index in [0.717, 1.165) is 5.57 Å². The van der Waals surface area contributed by atoms with Crippen molar-refractivity contribution in [1.82, 2.24) is 10.2 Å². The van der Waals surface area contributed by atoms with E-state index in [-0.39, 0.29) is 12.1 Å². The Morgan fingerprint density at radius 2 is 2.33 bits per heavy atom. The second kappa shape index (κ2) is 5.27. The normalized spacial score (nSPS) is 26.7. The molecule has 0 radical (unpaired) electrons. The SMILES string of the molecule is O=C(O)N1CC=C(C2(CCO)C=CC=CN2)CC1. The third-order valence-corrected chi connectivity index (χ3v) is 3.49. The van der Waals surface area contributed by atoms with Gasteiger partial charge in [-0.15, -0.1) is 0 Å². The topological polar surface area (TPSA) is 72.8 Å². The fourth-order valence-corrected chi connectivity index (χ4v) is 2.46. The molecule has 0 saturated heterocycles. The number of allylic oxidation sites excluding steroid dienone is 2. The van der Waals surface area contributed by atoms with Crippen LogP contribution in [0.2, 0.25) is 0 Å². The van der Waals surface area contributed by atoms with Gasteiger partial charge in [-0.3, -0.25) is 0 Å². The van der Waals surface area contributed by atoms with Gasteiger partial charge in [0.1, 0.15) is 0 Å². The van der Waals surface area contributed by atoms with E-state index in [0.29, 0.717) is 25.9 Å². The van der Waals surface area contributed by atoms with Gasteiger partial charge in [-0.25, -0.2) is 4.79 Å². The number of hydrogen-bond donors (Lipinski definition) is 3. The fourth-order valence-electron chi connectivity index (χ4n) is 2.46. The summed E-state index contributed by atoms with van der Waals surface area (Å²) in [5.41, 5.74) is 0.795. The molecule has 0 aliphatic carbocycles. The van der Waals surface area contributed by atoms with E-state index in [1.807, 2.05) is 30.5 Å². The fraction of sp³-hybridized carbons (Fsp3) is 0.462. The first-order chi connectivity index (χ1) is 8.68. The summed E-state index contributed by atoms with van der Waals surface area (Å²) in [4.78, 5) is 12.2. The minimum atomic E-state index is -0.881. The molecule has 1 unspecified atom stereocenters. The molecule has 0 spiro atoms. The average Bonchev–Trinajstić information content (AvgIpc) is 2.40. The first-order valence-electron chi connectivity index (χ1n) is 6.08. The molecular weight excluding hydrogens is 232 g/mol. The maximum absolute atomic E-state index is 10.9. The molecule has 2 aliphatic rings. The van der Waals surface area contributed by atoms with Crippen LogP contribution in [-0.4, -0.2) is 46.4 Å². The van der Waals surface area contributed by atoms with Crippen LogP contribution >= 0.6 is 0 Å². The lowest BCUT2D eigenvalue weighted by molar-refractivity contribution is 0.147. The van der Waals surface area contributed by atoms with Crippen LogP contribution in [0.3, 0.4) is 0 Å². The molecule has 0 saturated carbocycles. The van der Waals surface area contributed by atoms with Crippen molar-refractivity contribution in [2.45, 2.75) is 18.4 Å². The Hall–Kier alpha value is -1.75. The summed E-state index contributed by atoms with van der Waals surface area (Å²) < 4.78 is 0. The summed E-state index contributed by atoms with van der Waals surface area (Å²) in [5.74, 6) is 0. The number of rotatable bonds is 3. The van der Waals surface area contributed by atoms with Gasteiger partial charge in [0.15, 0.2) is 0 Å². The number of dihydropyridines is 1. The van der Waals surface area contributed by atoms with Crippen LogP contribution in [0.15, 0.2) is 36.1 Å². The van der Waals surface area contributed by atoms with Crippen molar-refractivity contribution in [1.29, 1.82) is 0 Å². The smallest absolute Gasteiger partial charge is 0.407 e. The molecule has 0 aromatic carbocycles. The highest BCUT2D eigenvalue weighted by Crippen LogP contribution is 2.29. The van der Waals surface area contributed by atoms with E-state index >= 15 is 0 Å². The Morgan fingerprint density at radius 1 is 1.50 bits per heavy atom. The van der Waals surface area contributed by atoms with Crippen molar-refractivity contribution in [3.05, 3.63) is 36.1 Å². The van der Waals surface area contributed by atoms with E-state index in [2.05, 4.69) is 5.32 Å². The maximum Gasteiger partial charge on any atom is 0.407 e. The summed E-state index contributed by atoms with van der Waals surface area (Å²) in [5, 5.41) is 21.4. The van der Waals surface area contributed by atoms with Crippen LogP contribution < -0.4 is 5.32 Å². The molecule has 3 N–H and O–H groups in total. The molecule has 5 nitrogen and oxygen atoms in total. The second-order valence-electron chi connectivity index (χ2n) is 4.52. The zero-order valence-corrected chi connectivity index (χ0v) is 10.2. The Kier molecular flexibility index (Phi) is 3.72. The second-order valence-corrected chi connectivity index (χ2v) is 4.52. The minimum Gasteiger partial charge on any atom is -0.465 e. The number of aliphatic hydroxyl groups is 1. The number of nitrogens with zero attached hydrogens (tertiary/aromatic N) is 1. The summed E-state index contributed by atoms with van der Waals surface area (Å²) >= 11 is 0. The third kappa shape index (κ3) is 2.41. The van der Waals surface area contributed by atoms with Crippen molar-refractivity contribution >= 4 is 6.09 Å². The number of nitrogens with one attached hydrogen (secondary N) is 1. The lowest BCUT2D eigenvalue weighted by Gasteiger charge is -2.38. The lowest BCUT2D eigenvalue weighted by atomic mass is 9.81. The molecule has 1 amide bonds. The lowest BCUT2D eigenvalue weighted by Crippen LogP contribution is -2.47. The Bertz CT molecular complexity index is 414. The zero-order chi connectivity index (χ0) is 13.0. The summed E-state index contributed by atoms with van der Waals surface area (Å²) in [6.45, 7) is 1.01. The quantitative estimate of drug-likeness (QED) is 0.656. The van der Waals surface area contributed by atoms with Gasteiger partial charge >= 0.3 is 6.09 Å². The standard InChI is InChI=1S/C13H18N2O3/c16-10-6-13(5-1-2-7-14-13)11-3-8-15(9-4-11)12(17)18/h1-3,5,7,14,16H,4,6,8-10H2,(H,17,18). The van der Waals surface area contributed by atoms with Gasteiger partial charge in [0, 0.05) is 26.1 Å². The van der Waals surface area contributed by atoms with Crippen LogP contribution in [0.25, 0.3) is 0 Å². The molecule has 0 aromatic rings. The Labute approximate surface area is 106 Å². The van der Waals surface area contributed by atoms with E-state index in [4.69, 9.17) is 5.11 Å². The summed E-state index contributed by atoms with van der Waals surface area (Å²) in [6.07, 6.45) is 10.1. The van der Waals surface area contributed by atoms with E-state index in [9.17, 15) is 9.90 Å². The van der Waals surface area contributed by atoms with E-state index < -0.39 is 6.09 Å². The molecule has 2 rings (SSSR count). The minimum absolute atomic E-state index is 0.0885. The van der Waals surface area contributed by atoms with Gasteiger partial charge in [-0.2, -0.15) is 0 Å². The van der Waals surface area contributed by atoms with Gasteiger partial charge in [0.05, 0.1) is 5.54 Å². The maximum atomic E-state index is 10.9. The molecule has 5 heteroatoms. The number of amides is 1. The number of carboxylic acid groups (broad SMARTS) is 1. The zero-order valence-electron chi connectivity index (χ0n) is 10.2. The molecule has 0 fully saturated rings. The van der Waals surface area contributed by atoms with Gasteiger partial charge in [-0.05, 0) is 24.3 Å². The van der Waals surface area contributed by atoms with Gasteiger partial charge in [0.25, 0.3) is 0 Å². The molecule has 18 heavy (non-hydrogen) atoms. The van der Waals surface area contributed by atoms with Crippen molar-refractivity contribution in [2.75, 3.05) is 19.7 Å². The van der Waals surface area contributed by atoms with Gasteiger partial charge in [0.2, 0.25) is 0 Å². The summed E-state index contributed by atoms with van der Waals surface area (Å²) in [7, 11) is 0. The van der Waals surface area contributed by atoms with Crippen molar-refractivity contribution in [3.63, 3.8) is 0 Å². The van der Waals surface area contributed by atoms with E-state index in [1.165, 1.54) is 4.90 Å². The predicted octanol–water partition coefficient (Wildman–Crippen LogP) is 1.09. The van der Waals surface area contributed by atoms with Crippen LogP contribution in [0.1, 0.15) is 12.8 Å². The Balaban J connectivity index is 2.16. The molecule has 1 atom stereocenters. The van der Waals surface area contributed by atoms with Crippen LogP contribution in [0, 0.1) is 0 Å². The Morgan fingerprint density at radius 3 is 2.83 bits per heavy atom. The predicted molar refractivity (Wildman–Crippen MR) is 68.1 cm³/mol. The molecule has 2 heterocycles. The molecular formula is C13H18N2O3. The summed E-state index contributed by atoms with van der Waals surface area (Å²) in [6, 6.07) is 0. The molecule has 0 bridgehead atoms. The first-order valence-corrected chi connectivity index (χ1v) is 6.08. The molecule has 0 aromatic heterocycles. The first kappa shape index (κ1) is 12.7. The van der Waals surface area contributed by atoms with Crippen molar-refractivity contribution < 1.29 is 15.0 Å². The van der Waals surface area contributed by atoms with Crippen LogP contribution in [-0.2, 0) is 0 Å². The highest BCUT2D eigenvalue weighted by molar-refractivity contribution is 5.65. The van der Waals surface area contributed by atoms with Crippen LogP contribution in [0.5, 0.6) is 0 Å². The number of carbonyl (C=O) groups is 1. The van der Waals surface area contributed by atoms with Gasteiger partial charge in [-0.1, -0.05) is 18.2 Å². The number of aliphatic hydroxyl groups excluding tert-OH is 1.